The molecule has 72 valence electrons. The molecule has 0 spiro atoms. The van der Waals surface area contributed by atoms with Crippen molar-refractivity contribution in [3.05, 3.63) is 5.82 Å². The van der Waals surface area contributed by atoms with Crippen LogP contribution >= 0.6 is 11.6 Å². The molecule has 5 nitrogen and oxygen atoms in total. The summed E-state index contributed by atoms with van der Waals surface area (Å²) < 4.78 is 5.48. The van der Waals surface area contributed by atoms with Crippen molar-refractivity contribution < 1.29 is 4.74 Å². The Kier molecular flexibility index (Phi) is 2.75. The van der Waals surface area contributed by atoms with Crippen molar-refractivity contribution in [3.8, 4) is 0 Å². The molecule has 2 heterocycles. The monoisotopic (exact) mass is 202 g/mol. The molecule has 1 unspecified atom stereocenters. The molecule has 1 aliphatic heterocycles. The van der Waals surface area contributed by atoms with Crippen LogP contribution in [0.2, 0.25) is 0 Å². The molecule has 0 radical (unpaired) electrons. The molecule has 0 aliphatic carbocycles. The number of hydrogen-bond donors (Lipinski definition) is 0. The van der Waals surface area contributed by atoms with E-state index in [1.54, 1.807) is 0 Å². The molecule has 6 heteroatoms. The molecule has 1 atom stereocenters. The first-order chi connectivity index (χ1) is 6.40. The van der Waals surface area contributed by atoms with Crippen LogP contribution in [0.15, 0.2) is 0 Å². The van der Waals surface area contributed by atoms with Crippen LogP contribution in [0.25, 0.3) is 0 Å². The van der Waals surface area contributed by atoms with Crippen molar-refractivity contribution in [1.29, 1.82) is 0 Å². The lowest BCUT2D eigenvalue weighted by Crippen LogP contribution is -2.20. The predicted octanol–water partition coefficient (Wildman–Crippen LogP) is 1.11. The number of rotatable bonds is 2. The van der Waals surface area contributed by atoms with Crippen LogP contribution in [0.5, 0.6) is 0 Å². The average Bonchev–Trinajstić information content (AvgIpc) is 2.67. The molecule has 0 bridgehead atoms. The van der Waals surface area contributed by atoms with E-state index in [-0.39, 0.29) is 6.23 Å². The van der Waals surface area contributed by atoms with Gasteiger partial charge in [-0.15, -0.1) is 26.6 Å². The van der Waals surface area contributed by atoms with Crippen molar-refractivity contribution in [2.24, 2.45) is 0 Å². The van der Waals surface area contributed by atoms with E-state index in [0.717, 1.165) is 25.9 Å². The normalized spacial score (nSPS) is 23.3. The molecule has 1 aromatic rings. The van der Waals surface area contributed by atoms with Gasteiger partial charge in [0, 0.05) is 6.61 Å². The van der Waals surface area contributed by atoms with E-state index in [9.17, 15) is 0 Å². The minimum Gasteiger partial charge on any atom is -0.355 e. The quantitative estimate of drug-likeness (QED) is 0.675. The Labute approximate surface area is 81.0 Å². The number of nitrogens with zero attached hydrogens (tertiary/aromatic N) is 4. The molecule has 0 saturated carbocycles. The Bertz CT molecular complexity index is 271. The van der Waals surface area contributed by atoms with Crippen LogP contribution in [0, 0.1) is 0 Å². The van der Waals surface area contributed by atoms with Crippen LogP contribution in [-0.4, -0.2) is 26.8 Å². The number of alkyl halides is 1. The van der Waals surface area contributed by atoms with E-state index in [2.05, 4.69) is 15.4 Å². The highest BCUT2D eigenvalue weighted by molar-refractivity contribution is 6.16. The maximum absolute atomic E-state index is 5.56. The standard InChI is InChI=1S/C7H11ClN4O/c8-5-6-9-11-12(10-6)7-3-1-2-4-13-7/h7H,1-5H2. The largest absolute Gasteiger partial charge is 0.355 e. The predicted molar refractivity (Wildman–Crippen MR) is 46.2 cm³/mol. The molecule has 0 amide bonds. The van der Waals surface area contributed by atoms with Gasteiger partial charge in [0.05, 0.1) is 5.88 Å². The summed E-state index contributed by atoms with van der Waals surface area (Å²) in [5, 5.41) is 11.7. The molecule has 0 N–H and O–H groups in total. The van der Waals surface area contributed by atoms with Crippen molar-refractivity contribution >= 4 is 11.6 Å². The Morgan fingerprint density at radius 2 is 2.46 bits per heavy atom. The van der Waals surface area contributed by atoms with E-state index in [4.69, 9.17) is 16.3 Å². The molecular weight excluding hydrogens is 192 g/mol. The lowest BCUT2D eigenvalue weighted by Gasteiger charge is -2.20. The van der Waals surface area contributed by atoms with E-state index >= 15 is 0 Å². The summed E-state index contributed by atoms with van der Waals surface area (Å²) in [6.07, 6.45) is 3.19. The van der Waals surface area contributed by atoms with Gasteiger partial charge in [0.1, 0.15) is 0 Å². The fourth-order valence-electron chi connectivity index (χ4n) is 1.34. The van der Waals surface area contributed by atoms with Gasteiger partial charge in [-0.2, -0.15) is 0 Å². The number of tetrazole rings is 1. The van der Waals surface area contributed by atoms with Crippen molar-refractivity contribution in [2.45, 2.75) is 31.4 Å². The second-order valence-electron chi connectivity index (χ2n) is 2.98. The van der Waals surface area contributed by atoms with Crippen LogP contribution < -0.4 is 0 Å². The van der Waals surface area contributed by atoms with Gasteiger partial charge in [-0.05, 0) is 24.5 Å². The van der Waals surface area contributed by atoms with Gasteiger partial charge in [-0.1, -0.05) is 0 Å². The Hall–Kier alpha value is -0.680. The smallest absolute Gasteiger partial charge is 0.189 e. The average molecular weight is 203 g/mol. The van der Waals surface area contributed by atoms with Gasteiger partial charge in [0.15, 0.2) is 12.1 Å². The summed E-state index contributed by atoms with van der Waals surface area (Å²) in [6, 6.07) is 0. The zero-order valence-electron chi connectivity index (χ0n) is 7.19. The van der Waals surface area contributed by atoms with Crippen molar-refractivity contribution in [3.63, 3.8) is 0 Å². The number of halogens is 1. The molecule has 1 aliphatic rings. The topological polar surface area (TPSA) is 52.8 Å². The Morgan fingerprint density at radius 1 is 1.54 bits per heavy atom. The van der Waals surface area contributed by atoms with Crippen LogP contribution in [-0.2, 0) is 10.6 Å². The SMILES string of the molecule is ClCc1nnn(C2CCCCO2)n1. The Morgan fingerprint density at radius 3 is 3.08 bits per heavy atom. The third-order valence-corrected chi connectivity index (χ3v) is 2.24. The van der Waals surface area contributed by atoms with Crippen LogP contribution in [0.1, 0.15) is 31.3 Å². The molecule has 13 heavy (non-hydrogen) atoms. The lowest BCUT2D eigenvalue weighted by molar-refractivity contribution is -0.0490. The highest BCUT2D eigenvalue weighted by atomic mass is 35.5. The van der Waals surface area contributed by atoms with E-state index in [1.807, 2.05) is 0 Å². The van der Waals surface area contributed by atoms with E-state index in [0.29, 0.717) is 11.7 Å². The summed E-state index contributed by atoms with van der Waals surface area (Å²) in [6.45, 7) is 0.780. The second kappa shape index (κ2) is 4.02. The van der Waals surface area contributed by atoms with Crippen LogP contribution in [0.3, 0.4) is 0 Å². The number of ether oxygens (including phenoxy) is 1. The van der Waals surface area contributed by atoms with Crippen molar-refractivity contribution in [2.75, 3.05) is 6.61 Å². The lowest BCUT2D eigenvalue weighted by atomic mass is 10.2. The van der Waals surface area contributed by atoms with E-state index in [1.165, 1.54) is 4.80 Å². The Balaban J connectivity index is 2.05. The third-order valence-electron chi connectivity index (χ3n) is 2.00. The molecule has 2 rings (SSSR count). The summed E-state index contributed by atoms with van der Waals surface area (Å²) in [7, 11) is 0. The van der Waals surface area contributed by atoms with Gasteiger partial charge in [0.25, 0.3) is 0 Å². The molecule has 0 aromatic carbocycles. The third kappa shape index (κ3) is 1.97. The summed E-state index contributed by atoms with van der Waals surface area (Å²) in [5.41, 5.74) is 0. The van der Waals surface area contributed by atoms with Gasteiger partial charge in [-0.3, -0.25) is 0 Å². The second-order valence-corrected chi connectivity index (χ2v) is 3.25. The highest BCUT2D eigenvalue weighted by Crippen LogP contribution is 2.20. The zero-order chi connectivity index (χ0) is 9.10. The summed E-state index contributed by atoms with van der Waals surface area (Å²) in [4.78, 5) is 1.51. The summed E-state index contributed by atoms with van der Waals surface area (Å²) >= 11 is 5.56. The first-order valence-corrected chi connectivity index (χ1v) is 4.89. The molecule has 1 saturated heterocycles. The van der Waals surface area contributed by atoms with Crippen LogP contribution in [0.4, 0.5) is 0 Å². The first kappa shape index (κ1) is 8.90. The summed E-state index contributed by atoms with van der Waals surface area (Å²) in [5.74, 6) is 0.850. The fraction of sp³-hybridized carbons (Fsp3) is 0.857. The maximum Gasteiger partial charge on any atom is 0.189 e. The van der Waals surface area contributed by atoms with Crippen molar-refractivity contribution in [1.82, 2.24) is 20.2 Å². The zero-order valence-corrected chi connectivity index (χ0v) is 7.94. The minimum atomic E-state index is -0.0433. The molecule has 1 aromatic heterocycles. The van der Waals surface area contributed by atoms with Gasteiger partial charge < -0.3 is 4.74 Å². The number of hydrogen-bond acceptors (Lipinski definition) is 4. The van der Waals surface area contributed by atoms with Gasteiger partial charge >= 0.3 is 0 Å². The molecule has 1 fully saturated rings. The van der Waals surface area contributed by atoms with Gasteiger partial charge in [-0.25, -0.2) is 0 Å². The van der Waals surface area contributed by atoms with E-state index < -0.39 is 0 Å². The molecular formula is C7H11ClN4O. The number of aromatic nitrogens is 4. The first-order valence-electron chi connectivity index (χ1n) is 4.36. The minimum absolute atomic E-state index is 0.0433. The maximum atomic E-state index is 5.56. The fourth-order valence-corrected chi connectivity index (χ4v) is 1.44. The van der Waals surface area contributed by atoms with Gasteiger partial charge in [0.2, 0.25) is 0 Å². The highest BCUT2D eigenvalue weighted by Gasteiger charge is 2.18.